The largest absolute Gasteiger partial charge is 0.399 e. The standard InChI is InChI=1S/C18H23FN2/c1-3-21(18-10-6-16(19)7-11-18)13-12-14(2)15-4-8-17(20)9-5-15/h4-11,14H,3,12-13,20H2,1-2H3. The van der Waals surface area contributed by atoms with Crippen LogP contribution in [0, 0.1) is 5.82 Å². The Morgan fingerprint density at radius 1 is 1.05 bits per heavy atom. The Hall–Kier alpha value is -2.03. The van der Waals surface area contributed by atoms with Gasteiger partial charge in [-0.2, -0.15) is 0 Å². The Morgan fingerprint density at radius 3 is 2.24 bits per heavy atom. The van der Waals surface area contributed by atoms with Crippen LogP contribution in [0.4, 0.5) is 15.8 Å². The smallest absolute Gasteiger partial charge is 0.123 e. The Labute approximate surface area is 126 Å². The fourth-order valence-electron chi connectivity index (χ4n) is 2.46. The zero-order valence-electron chi connectivity index (χ0n) is 12.7. The lowest BCUT2D eigenvalue weighted by molar-refractivity contribution is 0.626. The summed E-state index contributed by atoms with van der Waals surface area (Å²) in [5.74, 6) is 0.283. The topological polar surface area (TPSA) is 29.3 Å². The van der Waals surface area contributed by atoms with Gasteiger partial charge in [0.05, 0.1) is 0 Å². The van der Waals surface area contributed by atoms with E-state index in [9.17, 15) is 4.39 Å². The summed E-state index contributed by atoms with van der Waals surface area (Å²) in [6.07, 6.45) is 1.05. The van der Waals surface area contributed by atoms with Gasteiger partial charge in [0.15, 0.2) is 0 Å². The molecule has 0 saturated heterocycles. The molecule has 0 aliphatic carbocycles. The van der Waals surface area contributed by atoms with E-state index in [-0.39, 0.29) is 5.82 Å². The summed E-state index contributed by atoms with van der Waals surface area (Å²) in [5, 5.41) is 0. The number of hydrogen-bond donors (Lipinski definition) is 1. The third-order valence-electron chi connectivity index (χ3n) is 3.91. The molecular weight excluding hydrogens is 263 g/mol. The van der Waals surface area contributed by atoms with Gasteiger partial charge in [0.25, 0.3) is 0 Å². The summed E-state index contributed by atoms with van der Waals surface area (Å²) in [7, 11) is 0. The maximum absolute atomic E-state index is 13.0. The van der Waals surface area contributed by atoms with Crippen molar-refractivity contribution in [1.82, 2.24) is 0 Å². The van der Waals surface area contributed by atoms with Crippen LogP contribution in [0.25, 0.3) is 0 Å². The average molecular weight is 286 g/mol. The van der Waals surface area contributed by atoms with Crippen LogP contribution in [-0.4, -0.2) is 13.1 Å². The summed E-state index contributed by atoms with van der Waals surface area (Å²) < 4.78 is 13.0. The highest BCUT2D eigenvalue weighted by Gasteiger charge is 2.09. The van der Waals surface area contributed by atoms with E-state index in [4.69, 9.17) is 5.73 Å². The normalized spacial score (nSPS) is 12.1. The molecule has 0 aliphatic heterocycles. The molecule has 2 N–H and O–H groups in total. The molecule has 0 bridgehead atoms. The van der Waals surface area contributed by atoms with Crippen LogP contribution in [0.15, 0.2) is 48.5 Å². The summed E-state index contributed by atoms with van der Waals surface area (Å²) in [4.78, 5) is 2.27. The number of rotatable bonds is 6. The van der Waals surface area contributed by atoms with Crippen LogP contribution in [0.5, 0.6) is 0 Å². The van der Waals surface area contributed by atoms with Crippen LogP contribution in [0.2, 0.25) is 0 Å². The van der Waals surface area contributed by atoms with Crippen molar-refractivity contribution in [3.05, 3.63) is 59.9 Å². The van der Waals surface area contributed by atoms with Crippen molar-refractivity contribution in [3.63, 3.8) is 0 Å². The predicted octanol–water partition coefficient (Wildman–Crippen LogP) is 4.43. The Balaban J connectivity index is 1.96. The van der Waals surface area contributed by atoms with E-state index >= 15 is 0 Å². The van der Waals surface area contributed by atoms with Crippen molar-refractivity contribution < 1.29 is 4.39 Å². The third-order valence-corrected chi connectivity index (χ3v) is 3.91. The highest BCUT2D eigenvalue weighted by molar-refractivity contribution is 5.46. The molecule has 0 saturated carbocycles. The van der Waals surface area contributed by atoms with Crippen LogP contribution >= 0.6 is 0 Å². The Kier molecular flexibility index (Phi) is 5.20. The first-order valence-corrected chi connectivity index (χ1v) is 7.46. The highest BCUT2D eigenvalue weighted by atomic mass is 19.1. The van der Waals surface area contributed by atoms with Gasteiger partial charge in [0.2, 0.25) is 0 Å². The van der Waals surface area contributed by atoms with Gasteiger partial charge in [-0.25, -0.2) is 4.39 Å². The van der Waals surface area contributed by atoms with E-state index in [0.29, 0.717) is 5.92 Å². The molecule has 0 radical (unpaired) electrons. The van der Waals surface area contributed by atoms with E-state index in [2.05, 4.69) is 30.9 Å². The SMILES string of the molecule is CCN(CCC(C)c1ccc(N)cc1)c1ccc(F)cc1. The van der Waals surface area contributed by atoms with Crippen molar-refractivity contribution in [3.8, 4) is 0 Å². The molecule has 2 nitrogen and oxygen atoms in total. The van der Waals surface area contributed by atoms with E-state index in [1.165, 1.54) is 17.7 Å². The van der Waals surface area contributed by atoms with Gasteiger partial charge in [-0.1, -0.05) is 19.1 Å². The minimum absolute atomic E-state index is 0.190. The third kappa shape index (κ3) is 4.22. The van der Waals surface area contributed by atoms with Crippen molar-refractivity contribution in [2.24, 2.45) is 0 Å². The molecule has 3 heteroatoms. The van der Waals surface area contributed by atoms with Gasteiger partial charge in [0, 0.05) is 24.5 Å². The van der Waals surface area contributed by atoms with Gasteiger partial charge in [-0.05, 0) is 61.2 Å². The molecule has 2 rings (SSSR count). The number of nitrogens with zero attached hydrogens (tertiary/aromatic N) is 1. The lowest BCUT2D eigenvalue weighted by Gasteiger charge is -2.25. The van der Waals surface area contributed by atoms with Crippen LogP contribution in [0.3, 0.4) is 0 Å². The monoisotopic (exact) mass is 286 g/mol. The lowest BCUT2D eigenvalue weighted by atomic mass is 9.97. The van der Waals surface area contributed by atoms with E-state index < -0.39 is 0 Å². The van der Waals surface area contributed by atoms with Gasteiger partial charge in [-0.3, -0.25) is 0 Å². The number of benzene rings is 2. The first-order valence-electron chi connectivity index (χ1n) is 7.46. The van der Waals surface area contributed by atoms with E-state index in [1.807, 2.05) is 24.3 Å². The fraction of sp³-hybridized carbons (Fsp3) is 0.333. The quantitative estimate of drug-likeness (QED) is 0.796. The van der Waals surface area contributed by atoms with Crippen molar-refractivity contribution in [2.45, 2.75) is 26.2 Å². The van der Waals surface area contributed by atoms with Crippen LogP contribution in [-0.2, 0) is 0 Å². The first kappa shape index (κ1) is 15.4. The highest BCUT2D eigenvalue weighted by Crippen LogP contribution is 2.22. The maximum atomic E-state index is 13.0. The fourth-order valence-corrected chi connectivity index (χ4v) is 2.46. The summed E-state index contributed by atoms with van der Waals surface area (Å²) in [5.41, 5.74) is 8.90. The summed E-state index contributed by atoms with van der Waals surface area (Å²) in [6, 6.07) is 14.8. The molecule has 0 fully saturated rings. The van der Waals surface area contributed by atoms with E-state index in [1.54, 1.807) is 0 Å². The number of halogens is 1. The van der Waals surface area contributed by atoms with Gasteiger partial charge < -0.3 is 10.6 Å². The molecule has 1 unspecified atom stereocenters. The molecule has 0 spiro atoms. The second-order valence-corrected chi connectivity index (χ2v) is 5.41. The number of anilines is 2. The van der Waals surface area contributed by atoms with Gasteiger partial charge >= 0.3 is 0 Å². The molecule has 0 aliphatic rings. The molecule has 112 valence electrons. The van der Waals surface area contributed by atoms with E-state index in [0.717, 1.165) is 30.9 Å². The molecule has 2 aromatic rings. The molecule has 0 amide bonds. The minimum atomic E-state index is -0.190. The zero-order chi connectivity index (χ0) is 15.2. The number of nitrogen functional groups attached to an aromatic ring is 1. The van der Waals surface area contributed by atoms with Crippen LogP contribution < -0.4 is 10.6 Å². The zero-order valence-corrected chi connectivity index (χ0v) is 12.7. The molecule has 2 aromatic carbocycles. The van der Waals surface area contributed by atoms with Gasteiger partial charge in [-0.15, -0.1) is 0 Å². The van der Waals surface area contributed by atoms with Gasteiger partial charge in [0.1, 0.15) is 5.82 Å². The van der Waals surface area contributed by atoms with Crippen molar-refractivity contribution in [2.75, 3.05) is 23.7 Å². The molecule has 0 aromatic heterocycles. The summed E-state index contributed by atoms with van der Waals surface area (Å²) in [6.45, 7) is 6.22. The van der Waals surface area contributed by atoms with Crippen molar-refractivity contribution in [1.29, 1.82) is 0 Å². The minimum Gasteiger partial charge on any atom is -0.399 e. The maximum Gasteiger partial charge on any atom is 0.123 e. The summed E-state index contributed by atoms with van der Waals surface area (Å²) >= 11 is 0. The second-order valence-electron chi connectivity index (χ2n) is 5.41. The van der Waals surface area contributed by atoms with Crippen LogP contribution in [0.1, 0.15) is 31.7 Å². The Bertz CT molecular complexity index is 548. The molecule has 0 heterocycles. The number of nitrogens with two attached hydrogens (primary N) is 1. The molecular formula is C18H23FN2. The Morgan fingerprint density at radius 2 is 1.67 bits per heavy atom. The number of hydrogen-bond acceptors (Lipinski definition) is 2. The van der Waals surface area contributed by atoms with Crippen molar-refractivity contribution >= 4 is 11.4 Å². The predicted molar refractivity (Wildman–Crippen MR) is 88.2 cm³/mol. The molecule has 1 atom stereocenters. The first-order chi connectivity index (χ1) is 10.1. The molecule has 21 heavy (non-hydrogen) atoms. The second kappa shape index (κ2) is 7.11. The average Bonchev–Trinajstić information content (AvgIpc) is 2.50. The lowest BCUT2D eigenvalue weighted by Crippen LogP contribution is -2.24.